The van der Waals surface area contributed by atoms with Gasteiger partial charge in [0, 0.05) is 30.9 Å². The average molecular weight is 505 g/mol. The van der Waals surface area contributed by atoms with Gasteiger partial charge in [-0.25, -0.2) is 9.37 Å². The van der Waals surface area contributed by atoms with Crippen molar-refractivity contribution in [2.75, 3.05) is 12.3 Å². The average Bonchev–Trinajstić information content (AvgIpc) is 2.82. The molecule has 1 heterocycles. The highest BCUT2D eigenvalue weighted by Gasteiger charge is 2.33. The molecule has 0 fully saturated rings. The van der Waals surface area contributed by atoms with Gasteiger partial charge in [0.05, 0.1) is 18.1 Å². The van der Waals surface area contributed by atoms with Crippen molar-refractivity contribution in [3.8, 4) is 0 Å². The first kappa shape index (κ1) is 27.1. The number of alkyl halides is 3. The molecule has 0 saturated carbocycles. The SMILES string of the molecule is CC(Cc1cccc(CC(=O)NCc2ccc(F)cc2C(F)(F)F)c1)NC[C@@H](O)c1ccc(N)nc1. The predicted octanol–water partition coefficient (Wildman–Crippen LogP) is 3.93. The molecule has 2 aromatic carbocycles. The number of benzene rings is 2. The van der Waals surface area contributed by atoms with Crippen molar-refractivity contribution < 1.29 is 27.5 Å². The van der Waals surface area contributed by atoms with E-state index in [4.69, 9.17) is 5.73 Å². The molecule has 0 spiro atoms. The number of nitrogens with two attached hydrogens (primary N) is 1. The molecule has 0 radical (unpaired) electrons. The van der Waals surface area contributed by atoms with Crippen LogP contribution < -0.4 is 16.4 Å². The minimum atomic E-state index is -4.72. The van der Waals surface area contributed by atoms with Gasteiger partial charge in [-0.2, -0.15) is 13.2 Å². The second-order valence-corrected chi connectivity index (χ2v) is 8.62. The first-order valence-electron chi connectivity index (χ1n) is 11.3. The lowest BCUT2D eigenvalue weighted by Gasteiger charge is -2.18. The van der Waals surface area contributed by atoms with Gasteiger partial charge in [0.15, 0.2) is 0 Å². The summed E-state index contributed by atoms with van der Waals surface area (Å²) < 4.78 is 52.7. The van der Waals surface area contributed by atoms with Crippen LogP contribution in [0, 0.1) is 5.82 Å². The van der Waals surface area contributed by atoms with E-state index in [0.29, 0.717) is 36.0 Å². The third-order valence-electron chi connectivity index (χ3n) is 5.60. The van der Waals surface area contributed by atoms with Gasteiger partial charge in [-0.3, -0.25) is 4.79 Å². The van der Waals surface area contributed by atoms with Crippen molar-refractivity contribution in [2.45, 2.75) is 44.6 Å². The fraction of sp³-hybridized carbons (Fsp3) is 0.308. The molecule has 5 N–H and O–H groups in total. The second-order valence-electron chi connectivity index (χ2n) is 8.62. The minimum Gasteiger partial charge on any atom is -0.387 e. The van der Waals surface area contributed by atoms with E-state index in [1.165, 1.54) is 6.20 Å². The number of anilines is 1. The Bertz CT molecular complexity index is 1170. The fourth-order valence-corrected chi connectivity index (χ4v) is 3.75. The molecule has 36 heavy (non-hydrogen) atoms. The maximum Gasteiger partial charge on any atom is 0.416 e. The van der Waals surface area contributed by atoms with Crippen molar-refractivity contribution in [3.63, 3.8) is 0 Å². The van der Waals surface area contributed by atoms with Crippen LogP contribution in [-0.4, -0.2) is 28.6 Å². The Hall–Kier alpha value is -3.50. The normalized spacial score (nSPS) is 13.3. The van der Waals surface area contributed by atoms with E-state index in [0.717, 1.165) is 17.7 Å². The topological polar surface area (TPSA) is 100 Å². The Balaban J connectivity index is 1.51. The standard InChI is InChI=1S/C26H28F4N4O2/c1-16(32-15-23(35)20-6-8-24(31)33-14-20)9-17-3-2-4-18(10-17)11-25(36)34-13-19-5-7-21(27)12-22(19)26(28,29)30/h2-8,10,12,14,16,23,32,35H,9,11,13,15H2,1H3,(H2,31,33)(H,34,36)/t16?,23-/m1/s1. The molecule has 10 heteroatoms. The summed E-state index contributed by atoms with van der Waals surface area (Å²) in [6.45, 7) is 1.92. The molecular weight excluding hydrogens is 476 g/mol. The number of amides is 1. The highest BCUT2D eigenvalue weighted by molar-refractivity contribution is 5.78. The van der Waals surface area contributed by atoms with Crippen molar-refractivity contribution in [1.29, 1.82) is 0 Å². The number of nitrogens with one attached hydrogen (secondary N) is 2. The number of hydrogen-bond donors (Lipinski definition) is 4. The number of aliphatic hydroxyl groups excluding tert-OH is 1. The monoisotopic (exact) mass is 504 g/mol. The van der Waals surface area contributed by atoms with Crippen LogP contribution in [0.3, 0.4) is 0 Å². The summed E-state index contributed by atoms with van der Waals surface area (Å²) >= 11 is 0. The highest BCUT2D eigenvalue weighted by atomic mass is 19.4. The summed E-state index contributed by atoms with van der Waals surface area (Å²) in [4.78, 5) is 16.3. The van der Waals surface area contributed by atoms with Crippen LogP contribution >= 0.6 is 0 Å². The summed E-state index contributed by atoms with van der Waals surface area (Å²) in [7, 11) is 0. The summed E-state index contributed by atoms with van der Waals surface area (Å²) in [5.41, 5.74) is 6.57. The van der Waals surface area contributed by atoms with Gasteiger partial charge < -0.3 is 21.5 Å². The largest absolute Gasteiger partial charge is 0.416 e. The van der Waals surface area contributed by atoms with E-state index in [1.807, 2.05) is 19.1 Å². The van der Waals surface area contributed by atoms with Gasteiger partial charge in [0.1, 0.15) is 11.6 Å². The first-order valence-corrected chi connectivity index (χ1v) is 11.3. The zero-order valence-corrected chi connectivity index (χ0v) is 19.6. The van der Waals surface area contributed by atoms with E-state index in [2.05, 4.69) is 15.6 Å². The van der Waals surface area contributed by atoms with E-state index in [-0.39, 0.29) is 24.6 Å². The van der Waals surface area contributed by atoms with Crippen LogP contribution in [0.5, 0.6) is 0 Å². The van der Waals surface area contributed by atoms with E-state index >= 15 is 0 Å². The molecule has 0 bridgehead atoms. The molecule has 3 aromatic rings. The Morgan fingerprint density at radius 3 is 2.56 bits per heavy atom. The van der Waals surface area contributed by atoms with Crippen LogP contribution in [0.1, 0.15) is 40.8 Å². The number of aliphatic hydroxyl groups is 1. The number of rotatable bonds is 10. The maximum atomic E-state index is 13.3. The van der Waals surface area contributed by atoms with E-state index in [9.17, 15) is 27.5 Å². The Kier molecular flexibility index (Phi) is 9.00. The predicted molar refractivity (Wildman–Crippen MR) is 128 cm³/mol. The van der Waals surface area contributed by atoms with Gasteiger partial charge >= 0.3 is 6.18 Å². The van der Waals surface area contributed by atoms with Crippen molar-refractivity contribution >= 4 is 11.7 Å². The van der Waals surface area contributed by atoms with E-state index in [1.54, 1.807) is 24.3 Å². The number of aromatic nitrogens is 1. The summed E-state index contributed by atoms with van der Waals surface area (Å²) in [5.74, 6) is -1.06. The van der Waals surface area contributed by atoms with Crippen LogP contribution in [0.25, 0.3) is 0 Å². The van der Waals surface area contributed by atoms with Crippen LogP contribution in [0.15, 0.2) is 60.8 Å². The quantitative estimate of drug-likeness (QED) is 0.314. The molecule has 0 aliphatic carbocycles. The highest BCUT2D eigenvalue weighted by Crippen LogP contribution is 2.32. The third kappa shape index (κ3) is 8.03. The third-order valence-corrected chi connectivity index (χ3v) is 5.60. The van der Waals surface area contributed by atoms with Gasteiger partial charge in [-0.1, -0.05) is 36.4 Å². The lowest BCUT2D eigenvalue weighted by Crippen LogP contribution is -2.32. The van der Waals surface area contributed by atoms with Crippen molar-refractivity contribution in [1.82, 2.24) is 15.6 Å². The van der Waals surface area contributed by atoms with Crippen molar-refractivity contribution in [3.05, 3.63) is 94.4 Å². The number of nitrogen functional groups attached to an aromatic ring is 1. The fourth-order valence-electron chi connectivity index (χ4n) is 3.75. The van der Waals surface area contributed by atoms with Crippen LogP contribution in [-0.2, 0) is 30.4 Å². The maximum absolute atomic E-state index is 13.3. The zero-order valence-electron chi connectivity index (χ0n) is 19.6. The number of nitrogens with zero attached hydrogens (tertiary/aromatic N) is 1. The molecule has 6 nitrogen and oxygen atoms in total. The molecule has 1 aromatic heterocycles. The summed E-state index contributed by atoms with van der Waals surface area (Å²) in [6.07, 6.45) is -3.31. The number of pyridine rings is 1. The Morgan fingerprint density at radius 2 is 1.86 bits per heavy atom. The minimum absolute atomic E-state index is 0.0128. The second kappa shape index (κ2) is 12.0. The molecule has 0 aliphatic rings. The van der Waals surface area contributed by atoms with Gasteiger partial charge in [0.2, 0.25) is 5.91 Å². The summed E-state index contributed by atoms with van der Waals surface area (Å²) in [6, 6.07) is 13.1. The molecule has 2 atom stereocenters. The zero-order chi connectivity index (χ0) is 26.3. The van der Waals surface area contributed by atoms with Gasteiger partial charge in [0.25, 0.3) is 0 Å². The lowest BCUT2D eigenvalue weighted by molar-refractivity contribution is -0.138. The Labute approximate surface area is 206 Å². The number of carbonyl (C=O) groups excluding carboxylic acids is 1. The number of hydrogen-bond acceptors (Lipinski definition) is 5. The first-order chi connectivity index (χ1) is 17.0. The number of halogens is 4. The smallest absolute Gasteiger partial charge is 0.387 e. The van der Waals surface area contributed by atoms with Gasteiger partial charge in [-0.15, -0.1) is 0 Å². The summed E-state index contributed by atoms with van der Waals surface area (Å²) in [5, 5.41) is 16.0. The van der Waals surface area contributed by atoms with E-state index < -0.39 is 29.6 Å². The number of carbonyl (C=O) groups is 1. The molecule has 1 amide bonds. The van der Waals surface area contributed by atoms with Crippen LogP contribution in [0.4, 0.5) is 23.4 Å². The molecule has 0 aliphatic heterocycles. The van der Waals surface area contributed by atoms with Crippen molar-refractivity contribution in [2.24, 2.45) is 0 Å². The molecule has 3 rings (SSSR count). The lowest BCUT2D eigenvalue weighted by atomic mass is 10.0. The van der Waals surface area contributed by atoms with Crippen LogP contribution in [0.2, 0.25) is 0 Å². The molecular formula is C26H28F4N4O2. The Morgan fingerprint density at radius 1 is 1.11 bits per heavy atom. The molecule has 0 saturated heterocycles. The van der Waals surface area contributed by atoms with Gasteiger partial charge in [-0.05, 0) is 48.2 Å². The molecule has 192 valence electrons. The molecule has 1 unspecified atom stereocenters.